The maximum absolute atomic E-state index is 11.0. The van der Waals surface area contributed by atoms with Gasteiger partial charge in [-0.2, -0.15) is 5.26 Å². The van der Waals surface area contributed by atoms with Crippen LogP contribution < -0.4 is 0 Å². The van der Waals surface area contributed by atoms with Crippen molar-refractivity contribution in [3.8, 4) is 6.07 Å². The summed E-state index contributed by atoms with van der Waals surface area (Å²) in [6.07, 6.45) is 1.96. The van der Waals surface area contributed by atoms with Gasteiger partial charge >= 0.3 is 0 Å². The van der Waals surface area contributed by atoms with Crippen molar-refractivity contribution >= 4 is 5.69 Å². The van der Waals surface area contributed by atoms with Gasteiger partial charge in [-0.25, -0.2) is 0 Å². The lowest BCUT2D eigenvalue weighted by Crippen LogP contribution is -2.20. The highest BCUT2D eigenvalue weighted by Crippen LogP contribution is 2.24. The first kappa shape index (κ1) is 14.1. The molecule has 0 N–H and O–H groups in total. The van der Waals surface area contributed by atoms with Gasteiger partial charge in [0.1, 0.15) is 0 Å². The van der Waals surface area contributed by atoms with Crippen LogP contribution in [0.25, 0.3) is 0 Å². The van der Waals surface area contributed by atoms with E-state index < -0.39 is 0 Å². The van der Waals surface area contributed by atoms with Gasteiger partial charge < -0.3 is 0 Å². The smallest absolute Gasteiger partial charge is 0.278 e. The van der Waals surface area contributed by atoms with Crippen molar-refractivity contribution in [2.45, 2.75) is 26.8 Å². The lowest BCUT2D eigenvalue weighted by Gasteiger charge is -2.16. The maximum atomic E-state index is 11.0. The molecular formula is C12H16N4O2. The second kappa shape index (κ2) is 6.07. The van der Waals surface area contributed by atoms with Crippen LogP contribution in [0, 0.1) is 35.3 Å². The van der Waals surface area contributed by atoms with Gasteiger partial charge in [-0.1, -0.05) is 0 Å². The zero-order valence-corrected chi connectivity index (χ0v) is 10.8. The first-order chi connectivity index (χ1) is 8.47. The molecule has 0 amide bonds. The Morgan fingerprint density at radius 1 is 1.56 bits per heavy atom. The zero-order valence-electron chi connectivity index (χ0n) is 10.8. The third-order valence-electron chi connectivity index (χ3n) is 2.78. The molecule has 6 nitrogen and oxygen atoms in total. The molecule has 0 bridgehead atoms. The van der Waals surface area contributed by atoms with Crippen molar-refractivity contribution in [3.05, 3.63) is 33.1 Å². The number of aryl methyl sites for hydroxylation is 1. The van der Waals surface area contributed by atoms with Crippen molar-refractivity contribution in [2.24, 2.45) is 0 Å². The van der Waals surface area contributed by atoms with Gasteiger partial charge in [-0.3, -0.25) is 20.0 Å². The summed E-state index contributed by atoms with van der Waals surface area (Å²) in [5.74, 6) is 0. The van der Waals surface area contributed by atoms with E-state index in [1.807, 2.05) is 11.9 Å². The van der Waals surface area contributed by atoms with E-state index in [-0.39, 0.29) is 10.6 Å². The number of nitrogens with zero attached hydrogens (tertiary/aromatic N) is 4. The molecule has 0 atom stereocenters. The molecule has 0 aliphatic carbocycles. The van der Waals surface area contributed by atoms with Crippen LogP contribution in [0.3, 0.4) is 0 Å². The average molecular weight is 248 g/mol. The van der Waals surface area contributed by atoms with E-state index >= 15 is 0 Å². The minimum atomic E-state index is -0.370. The lowest BCUT2D eigenvalue weighted by atomic mass is 10.1. The number of nitriles is 1. The summed E-state index contributed by atoms with van der Waals surface area (Å²) in [5.41, 5.74) is 1.99. The van der Waals surface area contributed by atoms with E-state index in [1.165, 1.54) is 6.20 Å². The van der Waals surface area contributed by atoms with Crippen molar-refractivity contribution < 1.29 is 4.92 Å². The van der Waals surface area contributed by atoms with Gasteiger partial charge in [0.2, 0.25) is 0 Å². The Hall–Kier alpha value is -2.00. The fourth-order valence-electron chi connectivity index (χ4n) is 1.78. The predicted molar refractivity (Wildman–Crippen MR) is 66.9 cm³/mol. The van der Waals surface area contributed by atoms with Gasteiger partial charge in [-0.15, -0.1) is 0 Å². The first-order valence-electron chi connectivity index (χ1n) is 5.62. The maximum Gasteiger partial charge on any atom is 0.278 e. The van der Waals surface area contributed by atoms with Crippen LogP contribution in [0.4, 0.5) is 5.69 Å². The Labute approximate surface area is 106 Å². The number of nitro groups is 1. The molecule has 1 aromatic rings. The Bertz CT molecular complexity index is 494. The third kappa shape index (κ3) is 3.25. The molecule has 96 valence electrons. The fraction of sp³-hybridized carbons (Fsp3) is 0.500. The van der Waals surface area contributed by atoms with Gasteiger partial charge in [0.15, 0.2) is 0 Å². The van der Waals surface area contributed by atoms with Crippen LogP contribution in [-0.4, -0.2) is 28.4 Å². The highest BCUT2D eigenvalue weighted by molar-refractivity contribution is 5.47. The number of pyridine rings is 1. The third-order valence-corrected chi connectivity index (χ3v) is 2.78. The van der Waals surface area contributed by atoms with Crippen LogP contribution in [-0.2, 0) is 6.54 Å². The fourth-order valence-corrected chi connectivity index (χ4v) is 1.78. The van der Waals surface area contributed by atoms with Crippen molar-refractivity contribution in [1.82, 2.24) is 9.88 Å². The number of hydrogen-bond donors (Lipinski definition) is 0. The van der Waals surface area contributed by atoms with Crippen LogP contribution in [0.5, 0.6) is 0 Å². The average Bonchev–Trinajstić information content (AvgIpc) is 2.30. The minimum Gasteiger partial charge on any atom is -0.300 e. The Kier molecular flexibility index (Phi) is 4.75. The highest BCUT2D eigenvalue weighted by Gasteiger charge is 2.19. The van der Waals surface area contributed by atoms with E-state index in [4.69, 9.17) is 5.26 Å². The summed E-state index contributed by atoms with van der Waals surface area (Å²) in [5, 5.41) is 19.5. The molecule has 0 radical (unpaired) electrons. The normalized spacial score (nSPS) is 10.4. The van der Waals surface area contributed by atoms with Gasteiger partial charge in [-0.05, 0) is 20.9 Å². The van der Waals surface area contributed by atoms with E-state index in [0.29, 0.717) is 36.3 Å². The Morgan fingerprint density at radius 3 is 2.78 bits per heavy atom. The molecule has 0 aliphatic rings. The summed E-state index contributed by atoms with van der Waals surface area (Å²) in [7, 11) is 1.87. The zero-order chi connectivity index (χ0) is 13.7. The molecule has 1 aromatic heterocycles. The summed E-state index contributed by atoms with van der Waals surface area (Å²) >= 11 is 0. The summed E-state index contributed by atoms with van der Waals surface area (Å²) in [4.78, 5) is 16.8. The highest BCUT2D eigenvalue weighted by atomic mass is 16.6. The molecule has 0 unspecified atom stereocenters. The standard InChI is InChI=1S/C12H16N4O2/c1-9-7-14-11(8-15(3)6-4-5-13)10(2)12(9)16(17)18/h7H,4,6,8H2,1-3H3. The monoisotopic (exact) mass is 248 g/mol. The van der Waals surface area contributed by atoms with E-state index in [0.717, 1.165) is 0 Å². The molecule has 18 heavy (non-hydrogen) atoms. The molecule has 0 spiro atoms. The topological polar surface area (TPSA) is 83.1 Å². The predicted octanol–water partition coefficient (Wildman–Crippen LogP) is 1.95. The Balaban J connectivity index is 2.95. The second-order valence-electron chi connectivity index (χ2n) is 4.26. The number of aromatic nitrogens is 1. The van der Waals surface area contributed by atoms with Gasteiger partial charge in [0, 0.05) is 36.8 Å². The SMILES string of the molecule is Cc1cnc(CN(C)CCC#N)c(C)c1[N+](=O)[O-]. The Morgan fingerprint density at radius 2 is 2.22 bits per heavy atom. The van der Waals surface area contributed by atoms with E-state index in [9.17, 15) is 10.1 Å². The first-order valence-corrected chi connectivity index (χ1v) is 5.62. The van der Waals surface area contributed by atoms with E-state index in [1.54, 1.807) is 13.8 Å². The number of hydrogen-bond acceptors (Lipinski definition) is 5. The molecule has 0 saturated heterocycles. The summed E-state index contributed by atoms with van der Waals surface area (Å²) in [6, 6.07) is 2.07. The van der Waals surface area contributed by atoms with Crippen LogP contribution in [0.1, 0.15) is 23.2 Å². The lowest BCUT2D eigenvalue weighted by molar-refractivity contribution is -0.386. The summed E-state index contributed by atoms with van der Waals surface area (Å²) < 4.78 is 0. The van der Waals surface area contributed by atoms with Crippen LogP contribution >= 0.6 is 0 Å². The molecule has 1 rings (SSSR count). The van der Waals surface area contributed by atoms with Crippen LogP contribution in [0.2, 0.25) is 0 Å². The van der Waals surface area contributed by atoms with Crippen molar-refractivity contribution in [2.75, 3.05) is 13.6 Å². The molecule has 0 aliphatic heterocycles. The van der Waals surface area contributed by atoms with Crippen molar-refractivity contribution in [1.29, 1.82) is 5.26 Å². The molecule has 1 heterocycles. The molecule has 0 fully saturated rings. The van der Waals surface area contributed by atoms with E-state index in [2.05, 4.69) is 11.1 Å². The largest absolute Gasteiger partial charge is 0.300 e. The minimum absolute atomic E-state index is 0.133. The molecule has 6 heteroatoms. The van der Waals surface area contributed by atoms with Gasteiger partial charge in [0.05, 0.1) is 16.7 Å². The molecular weight excluding hydrogens is 232 g/mol. The molecule has 0 saturated carbocycles. The quantitative estimate of drug-likeness (QED) is 0.587. The van der Waals surface area contributed by atoms with Crippen molar-refractivity contribution in [3.63, 3.8) is 0 Å². The molecule has 0 aromatic carbocycles. The second-order valence-corrected chi connectivity index (χ2v) is 4.26. The van der Waals surface area contributed by atoms with Gasteiger partial charge in [0.25, 0.3) is 5.69 Å². The number of rotatable bonds is 5. The van der Waals surface area contributed by atoms with Crippen LogP contribution in [0.15, 0.2) is 6.20 Å². The summed E-state index contributed by atoms with van der Waals surface area (Å²) in [6.45, 7) is 4.53.